The standard InChI is InChI=1S/C49H70O15/c1-7-8-9-10-14-18-45(54)63-47-38(30-46(55)58-6)29-41(32-42(35(2)61-33-36-16-12-11-13-17-36)62-34-37-19-21-40(57-5)22-20-37)64-49(47,56)48(3,4)25-23-44(53)60-27-15-26-59-28-24-39(50)31-43(51)52/h11-13,16-17,19-23,25,30,35,39,41-42,47,50,56H,7-10,14-15,18,24,26-29,31-34H2,1-6H3,(H,51,52)/b25-23+,38-30+/t35-,39-,41?,42-,47+,49-/m1/s1. The highest BCUT2D eigenvalue weighted by molar-refractivity contribution is 5.83. The first kappa shape index (κ1) is 53.7. The van der Waals surface area contributed by atoms with Gasteiger partial charge in [0.2, 0.25) is 5.79 Å². The normalized spacial score (nSPS) is 19.8. The SMILES string of the molecule is CCCCCCCC(=O)O[C@H]1/C(=C/C(=O)OC)CC(C[C@@H](OCc2ccc(OC)cc2)[C@@H](C)OCc2ccccc2)O[C@@]1(O)C(C)(C)/C=C/C(=O)OCCCOCC[C@@H](O)CC(=O)O. The van der Waals surface area contributed by atoms with Crippen molar-refractivity contribution in [3.8, 4) is 5.75 Å². The highest BCUT2D eigenvalue weighted by Crippen LogP contribution is 2.47. The molecule has 1 saturated heterocycles. The number of carboxylic acids is 1. The van der Waals surface area contributed by atoms with Crippen LogP contribution in [0.1, 0.15) is 109 Å². The first-order valence-electron chi connectivity index (χ1n) is 22.2. The van der Waals surface area contributed by atoms with Gasteiger partial charge in [-0.3, -0.25) is 9.59 Å². The van der Waals surface area contributed by atoms with Gasteiger partial charge in [-0.15, -0.1) is 0 Å². The van der Waals surface area contributed by atoms with Crippen LogP contribution in [-0.2, 0) is 65.5 Å². The van der Waals surface area contributed by atoms with Gasteiger partial charge in [-0.25, -0.2) is 9.59 Å². The van der Waals surface area contributed by atoms with Crippen molar-refractivity contribution in [1.29, 1.82) is 0 Å². The summed E-state index contributed by atoms with van der Waals surface area (Å²) in [5, 5.41) is 31.4. The number of ether oxygens (including phenoxy) is 8. The van der Waals surface area contributed by atoms with Crippen molar-refractivity contribution in [3.63, 3.8) is 0 Å². The van der Waals surface area contributed by atoms with E-state index in [0.717, 1.165) is 42.9 Å². The Kier molecular flexibility index (Phi) is 23.8. The zero-order chi connectivity index (χ0) is 47.0. The molecule has 1 aliphatic rings. The fourth-order valence-corrected chi connectivity index (χ4v) is 7.05. The summed E-state index contributed by atoms with van der Waals surface area (Å²) in [5.41, 5.74) is 0.654. The van der Waals surface area contributed by atoms with E-state index in [9.17, 15) is 29.4 Å². The number of carbonyl (C=O) groups excluding carboxylic acids is 3. The van der Waals surface area contributed by atoms with E-state index < -0.39 is 65.6 Å². The molecular formula is C49H70O15. The third-order valence-corrected chi connectivity index (χ3v) is 11.0. The maximum atomic E-state index is 13.5. The van der Waals surface area contributed by atoms with Crippen LogP contribution in [0, 0.1) is 5.41 Å². The van der Waals surface area contributed by atoms with Crippen LogP contribution in [0.3, 0.4) is 0 Å². The minimum absolute atomic E-state index is 0.00290. The molecule has 3 rings (SSSR count). The average molecular weight is 899 g/mol. The monoisotopic (exact) mass is 898 g/mol. The Hall–Kier alpha value is -4.64. The van der Waals surface area contributed by atoms with E-state index in [1.54, 1.807) is 21.0 Å². The molecule has 0 aliphatic carbocycles. The Morgan fingerprint density at radius 2 is 1.58 bits per heavy atom. The summed E-state index contributed by atoms with van der Waals surface area (Å²) >= 11 is 0. The number of aliphatic hydroxyl groups is 2. The molecule has 64 heavy (non-hydrogen) atoms. The number of hydrogen-bond donors (Lipinski definition) is 3. The molecule has 1 unspecified atom stereocenters. The second kappa shape index (κ2) is 28.3. The molecule has 15 heteroatoms. The van der Waals surface area contributed by atoms with Gasteiger partial charge in [0.05, 0.1) is 64.9 Å². The molecule has 356 valence electrons. The minimum atomic E-state index is -2.34. The van der Waals surface area contributed by atoms with Crippen LogP contribution < -0.4 is 4.74 Å². The maximum Gasteiger partial charge on any atom is 0.330 e. The fraction of sp³-hybridized carbons (Fsp3) is 0.592. The summed E-state index contributed by atoms with van der Waals surface area (Å²) in [6.07, 6.45) is 4.25. The summed E-state index contributed by atoms with van der Waals surface area (Å²) in [5.74, 6) is -4.76. The van der Waals surface area contributed by atoms with E-state index in [2.05, 4.69) is 6.92 Å². The van der Waals surface area contributed by atoms with Gasteiger partial charge in [-0.05, 0) is 55.0 Å². The highest BCUT2D eigenvalue weighted by Gasteiger charge is 2.57. The van der Waals surface area contributed by atoms with Crippen LogP contribution in [0.2, 0.25) is 0 Å². The summed E-state index contributed by atoms with van der Waals surface area (Å²) in [7, 11) is 2.82. The Bertz CT molecular complexity index is 1760. The molecule has 1 heterocycles. The van der Waals surface area contributed by atoms with Gasteiger partial charge in [0.1, 0.15) is 5.75 Å². The van der Waals surface area contributed by atoms with Crippen LogP contribution >= 0.6 is 0 Å². The number of benzene rings is 2. The molecule has 0 radical (unpaired) electrons. The first-order chi connectivity index (χ1) is 30.6. The second-order valence-electron chi connectivity index (χ2n) is 16.6. The molecule has 2 aromatic carbocycles. The molecular weight excluding hydrogens is 829 g/mol. The fourth-order valence-electron chi connectivity index (χ4n) is 7.05. The topological polar surface area (TPSA) is 203 Å². The van der Waals surface area contributed by atoms with Gasteiger partial charge in [0.25, 0.3) is 0 Å². The lowest BCUT2D eigenvalue weighted by Crippen LogP contribution is -2.62. The molecule has 1 aliphatic heterocycles. The second-order valence-corrected chi connectivity index (χ2v) is 16.6. The summed E-state index contributed by atoms with van der Waals surface area (Å²) in [6, 6.07) is 17.2. The van der Waals surface area contributed by atoms with Gasteiger partial charge in [-0.1, -0.05) is 95.0 Å². The molecule has 0 spiro atoms. The number of unbranched alkanes of at least 4 members (excludes halogenated alkanes) is 4. The maximum absolute atomic E-state index is 13.5. The molecule has 2 aromatic rings. The molecule has 6 atom stereocenters. The van der Waals surface area contributed by atoms with Gasteiger partial charge in [0, 0.05) is 50.0 Å². The number of carboxylic acid groups (broad SMARTS) is 1. The van der Waals surface area contributed by atoms with Gasteiger partial charge < -0.3 is 53.2 Å². The molecule has 0 bridgehead atoms. The number of carbonyl (C=O) groups is 4. The lowest BCUT2D eigenvalue weighted by molar-refractivity contribution is -0.328. The van der Waals surface area contributed by atoms with Crippen LogP contribution in [0.25, 0.3) is 0 Å². The molecule has 0 aromatic heterocycles. The number of aliphatic hydroxyl groups excluding tert-OH is 1. The van der Waals surface area contributed by atoms with E-state index in [0.29, 0.717) is 25.2 Å². The molecule has 1 fully saturated rings. The van der Waals surface area contributed by atoms with E-state index >= 15 is 0 Å². The van der Waals surface area contributed by atoms with Gasteiger partial charge in [0.15, 0.2) is 6.10 Å². The van der Waals surface area contributed by atoms with Crippen LogP contribution in [0.4, 0.5) is 0 Å². The Morgan fingerprint density at radius 3 is 2.25 bits per heavy atom. The number of esters is 3. The highest BCUT2D eigenvalue weighted by atomic mass is 16.7. The lowest BCUT2D eigenvalue weighted by Gasteiger charge is -2.51. The Labute approximate surface area is 378 Å². The predicted molar refractivity (Wildman–Crippen MR) is 237 cm³/mol. The predicted octanol–water partition coefficient (Wildman–Crippen LogP) is 7.18. The first-order valence-corrected chi connectivity index (χ1v) is 22.2. The zero-order valence-electron chi connectivity index (χ0n) is 38.4. The largest absolute Gasteiger partial charge is 0.497 e. The zero-order valence-corrected chi connectivity index (χ0v) is 38.4. The summed E-state index contributed by atoms with van der Waals surface area (Å²) in [4.78, 5) is 50.2. The van der Waals surface area contributed by atoms with Crippen molar-refractivity contribution < 1.29 is 72.4 Å². The van der Waals surface area contributed by atoms with Crippen LogP contribution in [0.15, 0.2) is 78.4 Å². The minimum Gasteiger partial charge on any atom is -0.497 e. The van der Waals surface area contributed by atoms with Crippen molar-refractivity contribution in [2.24, 2.45) is 5.41 Å². The third kappa shape index (κ3) is 18.8. The summed E-state index contributed by atoms with van der Waals surface area (Å²) < 4.78 is 46.7. The van der Waals surface area contributed by atoms with E-state index in [-0.39, 0.29) is 64.1 Å². The van der Waals surface area contributed by atoms with Crippen molar-refractivity contribution in [1.82, 2.24) is 0 Å². The van der Waals surface area contributed by atoms with E-state index in [1.165, 1.54) is 19.3 Å². The van der Waals surface area contributed by atoms with E-state index in [4.69, 9.17) is 43.0 Å². The van der Waals surface area contributed by atoms with Crippen molar-refractivity contribution >= 4 is 23.9 Å². The lowest BCUT2D eigenvalue weighted by atomic mass is 9.74. The number of methoxy groups -OCH3 is 2. The smallest absolute Gasteiger partial charge is 0.330 e. The van der Waals surface area contributed by atoms with Gasteiger partial charge >= 0.3 is 23.9 Å². The average Bonchev–Trinajstić information content (AvgIpc) is 3.27. The molecule has 0 saturated carbocycles. The number of rotatable bonds is 30. The third-order valence-electron chi connectivity index (χ3n) is 11.0. The van der Waals surface area contributed by atoms with Crippen molar-refractivity contribution in [3.05, 3.63) is 89.5 Å². The van der Waals surface area contributed by atoms with Crippen LogP contribution in [0.5, 0.6) is 5.75 Å². The van der Waals surface area contributed by atoms with Crippen LogP contribution in [-0.4, -0.2) is 110 Å². The number of hydrogen-bond acceptors (Lipinski definition) is 14. The number of aliphatic carboxylic acids is 1. The Morgan fingerprint density at radius 1 is 0.891 bits per heavy atom. The van der Waals surface area contributed by atoms with E-state index in [1.807, 2.05) is 61.5 Å². The summed E-state index contributed by atoms with van der Waals surface area (Å²) in [6.45, 7) is 8.11. The quantitative estimate of drug-likeness (QED) is 0.0308. The molecule has 15 nitrogen and oxygen atoms in total. The van der Waals surface area contributed by atoms with Gasteiger partial charge in [-0.2, -0.15) is 0 Å². The Balaban J connectivity index is 1.90. The molecule has 0 amide bonds. The molecule has 3 N–H and O–H groups in total. The van der Waals surface area contributed by atoms with Crippen molar-refractivity contribution in [2.75, 3.05) is 34.0 Å². The van der Waals surface area contributed by atoms with Crippen molar-refractivity contribution in [2.45, 2.75) is 148 Å².